The highest BCUT2D eigenvalue weighted by Crippen LogP contribution is 2.46. The number of fused-ring (bicyclic) bond motifs is 2. The summed E-state index contributed by atoms with van der Waals surface area (Å²) in [6, 6.07) is 16.2. The zero-order valence-electron chi connectivity index (χ0n) is 20.1. The van der Waals surface area contributed by atoms with Crippen LogP contribution in [0.2, 0.25) is 0 Å². The van der Waals surface area contributed by atoms with Gasteiger partial charge in [-0.05, 0) is 37.3 Å². The van der Waals surface area contributed by atoms with Crippen LogP contribution in [0.1, 0.15) is 33.2 Å². The molecule has 0 saturated heterocycles. The lowest BCUT2D eigenvalue weighted by atomic mass is 9.83. The van der Waals surface area contributed by atoms with Crippen molar-refractivity contribution in [1.29, 1.82) is 5.26 Å². The van der Waals surface area contributed by atoms with Gasteiger partial charge in [0, 0.05) is 34.2 Å². The first-order chi connectivity index (χ1) is 17.8. The topological polar surface area (TPSA) is 117 Å². The summed E-state index contributed by atoms with van der Waals surface area (Å²) in [5.41, 5.74) is 8.48. The fraction of sp³-hybridized carbons (Fsp3) is 0.143. The van der Waals surface area contributed by atoms with Crippen molar-refractivity contribution in [2.24, 2.45) is 5.73 Å². The van der Waals surface area contributed by atoms with Crippen LogP contribution in [0.5, 0.6) is 23.0 Å². The molecule has 1 unspecified atom stereocenters. The molecule has 1 aliphatic rings. The molecule has 0 bridgehead atoms. The van der Waals surface area contributed by atoms with Crippen LogP contribution in [0.3, 0.4) is 0 Å². The van der Waals surface area contributed by atoms with E-state index in [0.29, 0.717) is 44.9 Å². The molecule has 9 heteroatoms. The predicted octanol–water partition coefficient (Wildman–Crippen LogP) is 5.33. The van der Waals surface area contributed by atoms with Crippen molar-refractivity contribution < 1.29 is 32.5 Å². The average molecular weight is 500 g/mol. The molecule has 1 atom stereocenters. The van der Waals surface area contributed by atoms with Gasteiger partial charge in [0.05, 0.1) is 20.1 Å². The number of nitrogens with two attached hydrogens (primary N) is 1. The number of nitriles is 1. The van der Waals surface area contributed by atoms with E-state index in [1.54, 1.807) is 44.4 Å². The van der Waals surface area contributed by atoms with Crippen molar-refractivity contribution in [3.05, 3.63) is 94.3 Å². The van der Waals surface area contributed by atoms with Crippen molar-refractivity contribution in [2.75, 3.05) is 14.2 Å². The van der Waals surface area contributed by atoms with E-state index in [0.717, 1.165) is 0 Å². The number of carbonyl (C=O) groups is 1. The summed E-state index contributed by atoms with van der Waals surface area (Å²) >= 11 is 0. The summed E-state index contributed by atoms with van der Waals surface area (Å²) in [6.07, 6.45) is 0. The molecule has 186 valence electrons. The number of ether oxygens (including phenoxy) is 4. The largest absolute Gasteiger partial charge is 0.497 e. The minimum Gasteiger partial charge on any atom is -0.497 e. The molecule has 1 aliphatic heterocycles. The van der Waals surface area contributed by atoms with Crippen molar-refractivity contribution >= 4 is 16.9 Å². The van der Waals surface area contributed by atoms with Gasteiger partial charge in [-0.1, -0.05) is 12.1 Å². The molecule has 0 aliphatic carbocycles. The van der Waals surface area contributed by atoms with Gasteiger partial charge >= 0.3 is 5.97 Å². The number of methoxy groups -OCH3 is 2. The molecule has 0 saturated carbocycles. The fourth-order valence-electron chi connectivity index (χ4n) is 4.42. The Kier molecular flexibility index (Phi) is 5.93. The van der Waals surface area contributed by atoms with Crippen molar-refractivity contribution in [1.82, 2.24) is 0 Å². The lowest BCUT2D eigenvalue weighted by molar-refractivity contribution is 0.0702. The molecule has 0 fully saturated rings. The Morgan fingerprint density at radius 1 is 1.03 bits per heavy atom. The second kappa shape index (κ2) is 9.24. The zero-order valence-corrected chi connectivity index (χ0v) is 20.1. The number of benzene rings is 3. The Morgan fingerprint density at radius 2 is 1.78 bits per heavy atom. The summed E-state index contributed by atoms with van der Waals surface area (Å²) in [6.45, 7) is 1.65. The minimum atomic E-state index is -0.750. The number of halogens is 1. The van der Waals surface area contributed by atoms with E-state index in [1.807, 2.05) is 0 Å². The van der Waals surface area contributed by atoms with Gasteiger partial charge in [-0.3, -0.25) is 0 Å². The normalized spacial score (nSPS) is 14.5. The summed E-state index contributed by atoms with van der Waals surface area (Å²) in [4.78, 5) is 12.9. The molecule has 1 aromatic heterocycles. The summed E-state index contributed by atoms with van der Waals surface area (Å²) in [7, 11) is 3.07. The minimum absolute atomic E-state index is 0.0359. The summed E-state index contributed by atoms with van der Waals surface area (Å²) in [5, 5.41) is 10.3. The lowest BCUT2D eigenvalue weighted by Gasteiger charge is -2.27. The van der Waals surface area contributed by atoms with Crippen LogP contribution in [0.4, 0.5) is 4.39 Å². The van der Waals surface area contributed by atoms with E-state index in [4.69, 9.17) is 29.1 Å². The first-order valence-corrected chi connectivity index (χ1v) is 11.2. The molecule has 0 spiro atoms. The predicted molar refractivity (Wildman–Crippen MR) is 131 cm³/mol. The van der Waals surface area contributed by atoms with Gasteiger partial charge in [0.25, 0.3) is 0 Å². The highest BCUT2D eigenvalue weighted by molar-refractivity contribution is 5.96. The van der Waals surface area contributed by atoms with Crippen LogP contribution in [0, 0.1) is 24.1 Å². The molecule has 37 heavy (non-hydrogen) atoms. The number of carbonyl (C=O) groups excluding carboxylic acids is 1. The van der Waals surface area contributed by atoms with Gasteiger partial charge in [-0.25, -0.2) is 9.18 Å². The van der Waals surface area contributed by atoms with Crippen LogP contribution in [0.25, 0.3) is 11.0 Å². The Hall–Kier alpha value is -4.97. The first-order valence-electron chi connectivity index (χ1n) is 11.2. The van der Waals surface area contributed by atoms with Gasteiger partial charge < -0.3 is 29.1 Å². The first kappa shape index (κ1) is 23.8. The smallest absolute Gasteiger partial charge is 0.379 e. The van der Waals surface area contributed by atoms with Crippen LogP contribution in [0.15, 0.2) is 70.5 Å². The maximum absolute atomic E-state index is 13.6. The number of hydrogen-bond donors (Lipinski definition) is 1. The van der Waals surface area contributed by atoms with Crippen molar-refractivity contribution in [3.8, 4) is 29.1 Å². The van der Waals surface area contributed by atoms with Crippen LogP contribution < -0.4 is 24.7 Å². The van der Waals surface area contributed by atoms with E-state index < -0.39 is 17.7 Å². The third-order valence-electron chi connectivity index (χ3n) is 6.24. The quantitative estimate of drug-likeness (QED) is 0.288. The number of esters is 1. The zero-order chi connectivity index (χ0) is 26.3. The molecule has 2 N–H and O–H groups in total. The Bertz CT molecular complexity index is 1630. The Balaban J connectivity index is 1.51. The third kappa shape index (κ3) is 4.08. The lowest BCUT2D eigenvalue weighted by Crippen LogP contribution is -2.21. The highest BCUT2D eigenvalue weighted by atomic mass is 19.1. The van der Waals surface area contributed by atoms with Gasteiger partial charge in [0.2, 0.25) is 11.6 Å². The van der Waals surface area contributed by atoms with E-state index in [2.05, 4.69) is 6.07 Å². The molecular weight excluding hydrogens is 479 g/mol. The van der Waals surface area contributed by atoms with Crippen LogP contribution in [-0.4, -0.2) is 20.2 Å². The van der Waals surface area contributed by atoms with Gasteiger partial charge in [0.1, 0.15) is 46.0 Å². The molecule has 5 rings (SSSR count). The molecular formula is C28H21FN2O6. The molecule has 8 nitrogen and oxygen atoms in total. The molecule has 0 radical (unpaired) electrons. The number of furan rings is 1. The number of rotatable bonds is 5. The fourth-order valence-corrected chi connectivity index (χ4v) is 4.42. The van der Waals surface area contributed by atoms with Crippen molar-refractivity contribution in [2.45, 2.75) is 12.8 Å². The van der Waals surface area contributed by atoms with E-state index in [1.165, 1.54) is 31.4 Å². The van der Waals surface area contributed by atoms with Crippen LogP contribution in [-0.2, 0) is 0 Å². The number of nitrogens with zero attached hydrogens (tertiary/aromatic N) is 1. The maximum atomic E-state index is 13.6. The van der Waals surface area contributed by atoms with Crippen LogP contribution >= 0.6 is 0 Å². The van der Waals surface area contributed by atoms with E-state index >= 15 is 0 Å². The number of aryl methyl sites for hydroxylation is 1. The molecule has 2 heterocycles. The van der Waals surface area contributed by atoms with Gasteiger partial charge in [-0.15, -0.1) is 0 Å². The number of allylic oxidation sites excluding steroid dienone is 1. The second-order valence-electron chi connectivity index (χ2n) is 8.32. The molecule has 4 aromatic rings. The summed E-state index contributed by atoms with van der Waals surface area (Å²) in [5.74, 6) is -0.307. The van der Waals surface area contributed by atoms with Gasteiger partial charge in [-0.2, -0.15) is 5.26 Å². The molecule has 3 aromatic carbocycles. The standard InChI is InChI=1S/C28H21FN2O6/c1-14-20-10-15(29)4-9-22(20)36-26(14)28(32)35-17-6-8-19-24(12-17)37-27(31)21(13-30)25(19)18-7-5-16(33-2)11-23(18)34-3/h4-12,25H,31H2,1-3H3. The van der Waals surface area contributed by atoms with Crippen molar-refractivity contribution in [3.63, 3.8) is 0 Å². The molecule has 0 amide bonds. The van der Waals surface area contributed by atoms with Gasteiger partial charge in [0.15, 0.2) is 0 Å². The summed E-state index contributed by atoms with van der Waals surface area (Å²) < 4.78 is 41.4. The maximum Gasteiger partial charge on any atom is 0.379 e. The number of hydrogen-bond acceptors (Lipinski definition) is 8. The SMILES string of the molecule is COc1ccc(C2C(C#N)=C(N)Oc3cc(OC(=O)c4oc5ccc(F)cc5c4C)ccc32)c(OC)c1. The highest BCUT2D eigenvalue weighted by Gasteiger charge is 2.33. The third-order valence-corrected chi connectivity index (χ3v) is 6.24. The Labute approximate surface area is 211 Å². The van der Waals surface area contributed by atoms with E-state index in [9.17, 15) is 14.4 Å². The second-order valence-corrected chi connectivity index (χ2v) is 8.32. The average Bonchev–Trinajstić information content (AvgIpc) is 3.23. The Morgan fingerprint density at radius 3 is 2.51 bits per heavy atom. The van der Waals surface area contributed by atoms with E-state index in [-0.39, 0.29) is 23.0 Å². The monoisotopic (exact) mass is 500 g/mol.